The predicted molar refractivity (Wildman–Crippen MR) is 130 cm³/mol. The van der Waals surface area contributed by atoms with Crippen LogP contribution in [0.4, 0.5) is 0 Å². The highest BCUT2D eigenvalue weighted by Gasteiger charge is 2.37. The fourth-order valence-corrected chi connectivity index (χ4v) is 5.62. The van der Waals surface area contributed by atoms with Crippen molar-refractivity contribution in [1.82, 2.24) is 4.90 Å². The van der Waals surface area contributed by atoms with Crippen LogP contribution in [0.2, 0.25) is 10.0 Å². The Morgan fingerprint density at radius 1 is 1.10 bits per heavy atom. The number of carbonyl (C=O) groups excluding carboxylic acids is 2. The zero-order chi connectivity index (χ0) is 22.0. The van der Waals surface area contributed by atoms with Gasteiger partial charge in [0, 0.05) is 11.1 Å². The van der Waals surface area contributed by atoms with Crippen molar-refractivity contribution in [2.75, 3.05) is 0 Å². The van der Waals surface area contributed by atoms with E-state index in [1.54, 1.807) is 35.2 Å². The number of hydrogen-bond acceptors (Lipinski definition) is 5. The molecule has 2 aromatic carbocycles. The highest BCUT2D eigenvalue weighted by atomic mass is 35.5. The summed E-state index contributed by atoms with van der Waals surface area (Å²) in [6, 6.07) is 11.7. The summed E-state index contributed by atoms with van der Waals surface area (Å²) in [6.45, 7) is 0. The number of nitrogens with zero attached hydrogens (tertiary/aromatic N) is 1. The van der Waals surface area contributed by atoms with Crippen molar-refractivity contribution in [3.63, 3.8) is 0 Å². The van der Waals surface area contributed by atoms with Crippen molar-refractivity contribution in [2.45, 2.75) is 38.1 Å². The minimum Gasteiger partial charge on any atom is -0.423 e. The maximum absolute atomic E-state index is 12.9. The normalized spacial score (nSPS) is 18.6. The summed E-state index contributed by atoms with van der Waals surface area (Å²) in [6.07, 6.45) is 7.35. The quantitative estimate of drug-likeness (QED) is 0.205. The molecule has 1 aliphatic heterocycles. The molecule has 1 saturated carbocycles. The topological polar surface area (TPSA) is 46.6 Å². The van der Waals surface area contributed by atoms with E-state index in [1.807, 2.05) is 6.08 Å². The summed E-state index contributed by atoms with van der Waals surface area (Å²) in [5, 5.41) is 0.675. The summed E-state index contributed by atoms with van der Waals surface area (Å²) in [4.78, 5) is 27.7. The molecule has 1 amide bonds. The van der Waals surface area contributed by atoms with Crippen LogP contribution >= 0.6 is 47.2 Å². The summed E-state index contributed by atoms with van der Waals surface area (Å²) < 4.78 is 6.03. The number of thioether (sulfide) groups is 1. The zero-order valence-corrected chi connectivity index (χ0v) is 19.6. The van der Waals surface area contributed by atoms with E-state index in [0.29, 0.717) is 20.0 Å². The summed E-state index contributed by atoms with van der Waals surface area (Å²) in [5.41, 5.74) is 1.06. The number of amides is 1. The number of ether oxygens (including phenoxy) is 1. The minimum absolute atomic E-state index is 0.0187. The molecule has 0 aromatic heterocycles. The van der Waals surface area contributed by atoms with E-state index in [1.165, 1.54) is 30.3 Å². The second-order valence-corrected chi connectivity index (χ2v) is 9.95. The third-order valence-electron chi connectivity index (χ3n) is 5.30. The van der Waals surface area contributed by atoms with Gasteiger partial charge in [-0.2, -0.15) is 0 Å². The first-order chi connectivity index (χ1) is 14.9. The van der Waals surface area contributed by atoms with E-state index in [-0.39, 0.29) is 22.5 Å². The number of halogens is 2. The number of benzene rings is 2. The van der Waals surface area contributed by atoms with Crippen LogP contribution in [0.15, 0.2) is 47.4 Å². The molecule has 160 valence electrons. The Kier molecular flexibility index (Phi) is 7.02. The molecular weight excluding hydrogens is 473 g/mol. The Bertz CT molecular complexity index is 1060. The lowest BCUT2D eigenvalue weighted by molar-refractivity contribution is -0.124. The highest BCUT2D eigenvalue weighted by Crippen LogP contribution is 2.37. The maximum Gasteiger partial charge on any atom is 0.345 e. The van der Waals surface area contributed by atoms with Gasteiger partial charge in [-0.15, -0.1) is 0 Å². The van der Waals surface area contributed by atoms with Gasteiger partial charge in [0.2, 0.25) is 0 Å². The van der Waals surface area contributed by atoms with Crippen molar-refractivity contribution >= 4 is 69.5 Å². The molecule has 0 radical (unpaired) electrons. The Morgan fingerprint density at radius 3 is 2.48 bits per heavy atom. The van der Waals surface area contributed by atoms with E-state index in [4.69, 9.17) is 40.2 Å². The zero-order valence-electron chi connectivity index (χ0n) is 16.5. The molecule has 4 rings (SSSR count). The van der Waals surface area contributed by atoms with Crippen LogP contribution in [0.25, 0.3) is 6.08 Å². The lowest BCUT2D eigenvalue weighted by atomic mass is 9.94. The van der Waals surface area contributed by atoms with Crippen molar-refractivity contribution in [1.29, 1.82) is 0 Å². The SMILES string of the molecule is O=C(Oc1ccc(/C=C2/SC(=S)N(C3CCCCC3)C2=O)cc1)c1ccc(Cl)cc1Cl. The molecule has 0 unspecified atom stereocenters. The second-order valence-electron chi connectivity index (χ2n) is 7.43. The molecule has 1 heterocycles. The van der Waals surface area contributed by atoms with Gasteiger partial charge < -0.3 is 4.74 Å². The Balaban J connectivity index is 1.44. The first kappa shape index (κ1) is 22.3. The molecule has 2 aromatic rings. The van der Waals surface area contributed by atoms with E-state index in [0.717, 1.165) is 31.2 Å². The number of rotatable bonds is 4. The molecule has 0 atom stereocenters. The smallest absolute Gasteiger partial charge is 0.345 e. The first-order valence-electron chi connectivity index (χ1n) is 9.97. The number of hydrogen-bond donors (Lipinski definition) is 0. The molecule has 2 fully saturated rings. The Morgan fingerprint density at radius 2 is 1.81 bits per heavy atom. The average Bonchev–Trinajstić information content (AvgIpc) is 3.03. The van der Waals surface area contributed by atoms with Crippen LogP contribution in [0, 0.1) is 0 Å². The maximum atomic E-state index is 12.9. The molecule has 2 aliphatic rings. The van der Waals surface area contributed by atoms with Gasteiger partial charge in [0.25, 0.3) is 5.91 Å². The van der Waals surface area contributed by atoms with Gasteiger partial charge in [-0.25, -0.2) is 4.79 Å². The Hall–Kier alpha value is -1.86. The van der Waals surface area contributed by atoms with Gasteiger partial charge in [-0.05, 0) is 54.8 Å². The fourth-order valence-electron chi connectivity index (χ4n) is 3.73. The molecule has 1 saturated heterocycles. The molecule has 31 heavy (non-hydrogen) atoms. The second kappa shape index (κ2) is 9.74. The van der Waals surface area contributed by atoms with Crippen LogP contribution in [-0.2, 0) is 4.79 Å². The van der Waals surface area contributed by atoms with E-state index >= 15 is 0 Å². The lowest BCUT2D eigenvalue weighted by Crippen LogP contribution is -2.39. The lowest BCUT2D eigenvalue weighted by Gasteiger charge is -2.29. The fraction of sp³-hybridized carbons (Fsp3) is 0.261. The van der Waals surface area contributed by atoms with Gasteiger partial charge >= 0.3 is 5.97 Å². The third-order valence-corrected chi connectivity index (χ3v) is 7.18. The average molecular weight is 492 g/mol. The van der Waals surface area contributed by atoms with Crippen molar-refractivity contribution in [2.24, 2.45) is 0 Å². The Labute approximate surface area is 200 Å². The summed E-state index contributed by atoms with van der Waals surface area (Å²) >= 11 is 18.7. The van der Waals surface area contributed by atoms with Crippen LogP contribution < -0.4 is 4.74 Å². The molecule has 8 heteroatoms. The van der Waals surface area contributed by atoms with Gasteiger partial charge in [0.05, 0.1) is 15.5 Å². The summed E-state index contributed by atoms with van der Waals surface area (Å²) in [7, 11) is 0. The third kappa shape index (κ3) is 5.14. The van der Waals surface area contributed by atoms with Crippen LogP contribution in [0.3, 0.4) is 0 Å². The monoisotopic (exact) mass is 491 g/mol. The molecular formula is C23H19Cl2NO3S2. The van der Waals surface area contributed by atoms with Crippen LogP contribution in [0.1, 0.15) is 48.0 Å². The molecule has 1 aliphatic carbocycles. The van der Waals surface area contributed by atoms with Crippen LogP contribution in [0.5, 0.6) is 5.75 Å². The highest BCUT2D eigenvalue weighted by molar-refractivity contribution is 8.26. The largest absolute Gasteiger partial charge is 0.423 e. The van der Waals surface area contributed by atoms with Gasteiger partial charge in [0.15, 0.2) is 0 Å². The minimum atomic E-state index is -0.567. The number of esters is 1. The van der Waals surface area contributed by atoms with Crippen molar-refractivity contribution < 1.29 is 14.3 Å². The number of carbonyl (C=O) groups is 2. The summed E-state index contributed by atoms with van der Waals surface area (Å²) in [5.74, 6) is -0.208. The van der Waals surface area contributed by atoms with E-state index in [2.05, 4.69) is 0 Å². The van der Waals surface area contributed by atoms with Gasteiger partial charge in [-0.3, -0.25) is 9.69 Å². The van der Waals surface area contributed by atoms with Crippen molar-refractivity contribution in [3.8, 4) is 5.75 Å². The molecule has 4 nitrogen and oxygen atoms in total. The van der Waals surface area contributed by atoms with Gasteiger partial charge in [0.1, 0.15) is 10.1 Å². The first-order valence-corrected chi connectivity index (χ1v) is 11.9. The van der Waals surface area contributed by atoms with Gasteiger partial charge in [-0.1, -0.05) is 78.6 Å². The van der Waals surface area contributed by atoms with E-state index < -0.39 is 5.97 Å². The standard InChI is InChI=1S/C23H19Cl2NO3S2/c24-15-8-11-18(19(25)13-15)22(28)29-17-9-6-14(7-10-17)12-20-21(27)26(23(30)31-20)16-4-2-1-3-5-16/h6-13,16H,1-5H2/b20-12+. The van der Waals surface area contributed by atoms with Crippen molar-refractivity contribution in [3.05, 3.63) is 68.5 Å². The van der Waals surface area contributed by atoms with Crippen LogP contribution in [-0.4, -0.2) is 27.1 Å². The molecule has 0 bridgehead atoms. The molecule has 0 N–H and O–H groups in total. The predicted octanol–water partition coefficient (Wildman–Crippen LogP) is 6.75. The molecule has 0 spiro atoms. The number of thiocarbonyl (C=S) groups is 1. The van der Waals surface area contributed by atoms with E-state index in [9.17, 15) is 9.59 Å².